The number of hydrogen-bond acceptors (Lipinski definition) is 8. The third-order valence-electron chi connectivity index (χ3n) is 4.43. The maximum Gasteiger partial charge on any atom is 0.339 e. The largest absolute Gasteiger partial charge is 0.379 e. The van der Waals surface area contributed by atoms with Crippen LogP contribution >= 0.6 is 0 Å². The predicted molar refractivity (Wildman–Crippen MR) is 112 cm³/mol. The Labute approximate surface area is 179 Å². The molecule has 31 heavy (non-hydrogen) atoms. The lowest BCUT2D eigenvalue weighted by Crippen LogP contribution is -2.46. The minimum atomic E-state index is -4.02. The number of benzene rings is 2. The zero-order valence-electron chi connectivity index (χ0n) is 16.7. The van der Waals surface area contributed by atoms with E-state index in [1.54, 1.807) is 37.3 Å². The van der Waals surface area contributed by atoms with Gasteiger partial charge < -0.3 is 4.18 Å². The maximum absolute atomic E-state index is 12.6. The first kappa shape index (κ1) is 21.7. The monoisotopic (exact) mass is 438 g/mol. The summed E-state index contributed by atoms with van der Waals surface area (Å²) in [7, 11) is -4.02. The summed E-state index contributed by atoms with van der Waals surface area (Å²) in [5.41, 5.74) is 2.92. The number of nitrogens with one attached hydrogen (secondary N) is 1. The van der Waals surface area contributed by atoms with Crippen LogP contribution in [0.25, 0.3) is 0 Å². The standard InChI is InChI=1S/C21H18N4O5S/c1-3-25-20(26)18(13-22)14(2)19(21(25)27)24-23-15-8-7-9-16(12-15)30-31(28,29)17-10-5-4-6-11-17/h4-12,23H,3H2,1-2H3/b24-19-. The highest BCUT2D eigenvalue weighted by Crippen LogP contribution is 2.23. The van der Waals surface area contributed by atoms with Gasteiger partial charge in [0.1, 0.15) is 22.3 Å². The molecule has 1 heterocycles. The lowest BCUT2D eigenvalue weighted by atomic mass is 9.99. The first-order valence-corrected chi connectivity index (χ1v) is 10.6. The summed E-state index contributed by atoms with van der Waals surface area (Å²) in [5.74, 6) is -1.25. The van der Waals surface area contributed by atoms with Crippen LogP contribution in [0.1, 0.15) is 13.8 Å². The zero-order valence-corrected chi connectivity index (χ0v) is 17.5. The third kappa shape index (κ3) is 4.46. The topological polar surface area (TPSA) is 129 Å². The summed E-state index contributed by atoms with van der Waals surface area (Å²) in [4.78, 5) is 25.7. The van der Waals surface area contributed by atoms with Crippen molar-refractivity contribution in [3.8, 4) is 11.8 Å². The van der Waals surface area contributed by atoms with Gasteiger partial charge in [0.15, 0.2) is 5.71 Å². The van der Waals surface area contributed by atoms with E-state index in [0.29, 0.717) is 5.69 Å². The summed E-state index contributed by atoms with van der Waals surface area (Å²) in [6, 6.07) is 15.5. The Kier molecular flexibility index (Phi) is 6.17. The van der Waals surface area contributed by atoms with Gasteiger partial charge in [-0.05, 0) is 38.1 Å². The van der Waals surface area contributed by atoms with Crippen molar-refractivity contribution in [1.29, 1.82) is 5.26 Å². The van der Waals surface area contributed by atoms with Crippen LogP contribution in [0.3, 0.4) is 0 Å². The summed E-state index contributed by atoms with van der Waals surface area (Å²) in [6.45, 7) is 3.17. The Hall–Kier alpha value is -3.97. The van der Waals surface area contributed by atoms with E-state index >= 15 is 0 Å². The fourth-order valence-corrected chi connectivity index (χ4v) is 3.79. The highest BCUT2D eigenvalue weighted by Gasteiger charge is 2.35. The summed E-state index contributed by atoms with van der Waals surface area (Å²) in [6.07, 6.45) is 0. The molecular formula is C21H18N4O5S. The van der Waals surface area contributed by atoms with Crippen LogP contribution < -0.4 is 9.61 Å². The van der Waals surface area contributed by atoms with E-state index in [2.05, 4.69) is 10.5 Å². The van der Waals surface area contributed by atoms with Gasteiger partial charge in [-0.3, -0.25) is 19.9 Å². The van der Waals surface area contributed by atoms with Gasteiger partial charge in [0, 0.05) is 18.2 Å². The van der Waals surface area contributed by atoms with E-state index in [-0.39, 0.29) is 34.0 Å². The van der Waals surface area contributed by atoms with Crippen LogP contribution in [0.15, 0.2) is 75.7 Å². The molecule has 10 heteroatoms. The molecule has 2 aromatic rings. The van der Waals surface area contributed by atoms with Crippen molar-refractivity contribution in [2.75, 3.05) is 12.0 Å². The van der Waals surface area contributed by atoms with Gasteiger partial charge in [-0.1, -0.05) is 24.3 Å². The van der Waals surface area contributed by atoms with E-state index < -0.39 is 21.9 Å². The predicted octanol–water partition coefficient (Wildman–Crippen LogP) is 2.45. The van der Waals surface area contributed by atoms with Crippen molar-refractivity contribution in [3.05, 3.63) is 65.7 Å². The summed E-state index contributed by atoms with van der Waals surface area (Å²) >= 11 is 0. The second-order valence-electron chi connectivity index (χ2n) is 6.42. The van der Waals surface area contributed by atoms with Crippen LogP contribution in [0.5, 0.6) is 5.75 Å². The normalized spacial score (nSPS) is 15.8. The van der Waals surface area contributed by atoms with Gasteiger partial charge in [0.25, 0.3) is 11.8 Å². The van der Waals surface area contributed by atoms with Crippen molar-refractivity contribution in [3.63, 3.8) is 0 Å². The number of rotatable bonds is 6. The Morgan fingerprint density at radius 1 is 1.10 bits per heavy atom. The Bertz CT molecular complexity index is 1240. The molecule has 0 fully saturated rings. The number of imide groups is 1. The molecule has 2 amide bonds. The zero-order chi connectivity index (χ0) is 22.6. The smallest absolute Gasteiger partial charge is 0.339 e. The molecule has 158 valence electrons. The number of nitrogens with zero attached hydrogens (tertiary/aromatic N) is 3. The molecule has 0 saturated carbocycles. The second kappa shape index (κ2) is 8.81. The van der Waals surface area contributed by atoms with E-state index in [4.69, 9.17) is 4.18 Å². The molecule has 0 radical (unpaired) electrons. The van der Waals surface area contributed by atoms with Gasteiger partial charge in [-0.15, -0.1) is 0 Å². The molecule has 0 bridgehead atoms. The Morgan fingerprint density at radius 3 is 2.45 bits per heavy atom. The number of carbonyl (C=O) groups is 2. The first-order valence-electron chi connectivity index (χ1n) is 9.19. The second-order valence-corrected chi connectivity index (χ2v) is 7.96. The van der Waals surface area contributed by atoms with Crippen molar-refractivity contribution in [2.24, 2.45) is 5.10 Å². The first-order chi connectivity index (χ1) is 14.8. The fraction of sp³-hybridized carbons (Fsp3) is 0.143. The number of carbonyl (C=O) groups excluding carboxylic acids is 2. The molecule has 1 aliphatic rings. The molecule has 2 aromatic carbocycles. The fourth-order valence-electron chi connectivity index (χ4n) is 2.84. The minimum absolute atomic E-state index is 0.00975. The number of anilines is 1. The number of hydrogen-bond donors (Lipinski definition) is 1. The molecule has 0 atom stereocenters. The van der Waals surface area contributed by atoms with Gasteiger partial charge in [0.2, 0.25) is 0 Å². The molecule has 0 saturated heterocycles. The van der Waals surface area contributed by atoms with Crippen molar-refractivity contribution in [2.45, 2.75) is 18.7 Å². The van der Waals surface area contributed by atoms with Crippen LogP contribution in [0.2, 0.25) is 0 Å². The SMILES string of the molecule is CCN1C(=O)C(C#N)=C(C)/C(=N/Nc2cccc(OS(=O)(=O)c3ccccc3)c2)C1=O. The lowest BCUT2D eigenvalue weighted by Gasteiger charge is -2.25. The molecular weight excluding hydrogens is 420 g/mol. The number of hydrazone groups is 1. The molecule has 1 N–H and O–H groups in total. The average molecular weight is 438 g/mol. The van der Waals surface area contributed by atoms with E-state index in [0.717, 1.165) is 4.90 Å². The number of likely N-dealkylation sites (N-methyl/N-ethyl adjacent to an activating group) is 1. The lowest BCUT2D eigenvalue weighted by molar-refractivity contribution is -0.138. The van der Waals surface area contributed by atoms with Crippen LogP contribution in [0.4, 0.5) is 5.69 Å². The molecule has 0 spiro atoms. The maximum atomic E-state index is 12.6. The molecule has 0 unspecified atom stereocenters. The quantitative estimate of drug-likeness (QED) is 0.417. The molecule has 1 aliphatic heterocycles. The van der Waals surface area contributed by atoms with Gasteiger partial charge in [0.05, 0.1) is 5.69 Å². The molecule has 9 nitrogen and oxygen atoms in total. The van der Waals surface area contributed by atoms with E-state index in [9.17, 15) is 23.3 Å². The molecule has 0 aliphatic carbocycles. The minimum Gasteiger partial charge on any atom is -0.379 e. The van der Waals surface area contributed by atoms with Gasteiger partial charge in [-0.25, -0.2) is 0 Å². The average Bonchev–Trinajstić information content (AvgIpc) is 2.75. The van der Waals surface area contributed by atoms with E-state index in [1.807, 2.05) is 6.07 Å². The number of nitriles is 1. The summed E-state index contributed by atoms with van der Waals surface area (Å²) in [5, 5.41) is 13.3. The highest BCUT2D eigenvalue weighted by atomic mass is 32.2. The highest BCUT2D eigenvalue weighted by molar-refractivity contribution is 7.87. The van der Waals surface area contributed by atoms with Crippen LogP contribution in [-0.2, 0) is 19.7 Å². The van der Waals surface area contributed by atoms with Crippen molar-refractivity contribution in [1.82, 2.24) is 4.90 Å². The number of amides is 2. The van der Waals surface area contributed by atoms with Gasteiger partial charge in [-0.2, -0.15) is 18.8 Å². The Balaban J connectivity index is 1.87. The Morgan fingerprint density at radius 2 is 1.81 bits per heavy atom. The molecule has 0 aromatic heterocycles. The summed E-state index contributed by atoms with van der Waals surface area (Å²) < 4.78 is 29.9. The van der Waals surface area contributed by atoms with Crippen LogP contribution in [-0.4, -0.2) is 37.4 Å². The van der Waals surface area contributed by atoms with Gasteiger partial charge >= 0.3 is 10.1 Å². The van der Waals surface area contributed by atoms with Crippen molar-refractivity contribution < 1.29 is 22.2 Å². The van der Waals surface area contributed by atoms with E-state index in [1.165, 1.54) is 31.2 Å². The third-order valence-corrected chi connectivity index (χ3v) is 5.70. The van der Waals surface area contributed by atoms with Crippen LogP contribution in [0, 0.1) is 11.3 Å². The van der Waals surface area contributed by atoms with Crippen molar-refractivity contribution >= 4 is 33.3 Å². The molecule has 3 rings (SSSR count).